The lowest BCUT2D eigenvalue weighted by molar-refractivity contribution is -0.375. The summed E-state index contributed by atoms with van der Waals surface area (Å²) in [5.74, 6) is -7.65. The molecule has 5 saturated heterocycles. The Labute approximate surface area is 577 Å². The van der Waals surface area contributed by atoms with Crippen LogP contribution in [0.1, 0.15) is 91.5 Å². The molecule has 1 aliphatic carbocycles. The number of aliphatic carboxylic acids is 1. The predicted octanol–water partition coefficient (Wildman–Crippen LogP) is -5.74. The number of nitrogens with one attached hydrogen (secondary N) is 4. The SMILES string of the molecule is CCCCCCCCc1ccc(NCCO[C@H](COP(=O)(O)O[C@H]2O[C@H](C(N)=O)[C@@](C)(O)[C@H](OC(N)=O)[C@H]2OC2O[C@H](CO[C@@H]3O[C@H](CO)[C@@H](O)[C@H](O)[C@H]3O)[C@@H](O[C@@H]3O[C@H](C)[C@@H](O[C@@H]4O[C@H](C(=O)NC5=C(O)CCC5=O)[C@H](O)[C@H](O)[C@H]4O)C(O)[C@H]3NC(C)=O)[C@H](O)[C@H]2NC(C)=O)C(=O)O)cc1. The first-order valence-electron chi connectivity index (χ1n) is 32.6. The Balaban J connectivity index is 1.15. The van der Waals surface area contributed by atoms with E-state index in [0.29, 0.717) is 5.69 Å². The van der Waals surface area contributed by atoms with Crippen LogP contribution in [-0.2, 0) is 101 Å². The summed E-state index contributed by atoms with van der Waals surface area (Å²) in [6, 6.07) is 3.55. The Morgan fingerprint density at radius 3 is 1.89 bits per heavy atom. The van der Waals surface area contributed by atoms with Crippen LogP contribution in [0.15, 0.2) is 35.7 Å². The van der Waals surface area contributed by atoms with E-state index in [4.69, 9.17) is 72.6 Å². The van der Waals surface area contributed by atoms with Crippen LogP contribution >= 0.6 is 7.82 Å². The number of amides is 5. The molecule has 3 unspecified atom stereocenters. The fourth-order valence-corrected chi connectivity index (χ4v) is 12.9. The Morgan fingerprint density at radius 1 is 0.713 bits per heavy atom. The zero-order valence-corrected chi connectivity index (χ0v) is 56.5. The first kappa shape index (κ1) is 82.4. The smallest absolute Gasteiger partial charge is 0.474 e. The number of primary amides is 2. The number of hydrogen-bond acceptors (Lipinski definition) is 33. The number of carbonyl (C=O) groups excluding carboxylic acids is 6. The van der Waals surface area contributed by atoms with E-state index in [9.17, 15) is 104 Å². The predicted molar refractivity (Wildman–Crippen MR) is 332 cm³/mol. The maximum atomic E-state index is 14.0. The van der Waals surface area contributed by atoms with E-state index < -0.39 is 240 Å². The van der Waals surface area contributed by atoms with Gasteiger partial charge in [0, 0.05) is 38.9 Å². The van der Waals surface area contributed by atoms with E-state index in [1.54, 1.807) is 0 Å². The molecule has 0 aromatic heterocycles. The van der Waals surface area contributed by atoms with Crippen molar-refractivity contribution in [3.63, 3.8) is 0 Å². The summed E-state index contributed by atoms with van der Waals surface area (Å²) in [5, 5.41) is 142. The van der Waals surface area contributed by atoms with Crippen molar-refractivity contribution in [3.05, 3.63) is 41.3 Å². The summed E-state index contributed by atoms with van der Waals surface area (Å²) in [6.07, 6.45) is -43.4. The van der Waals surface area contributed by atoms with Gasteiger partial charge in [-0.15, -0.1) is 0 Å². The molecule has 5 aliphatic heterocycles. The number of unbranched alkanes of at least 4 members (excludes halogenated alkanes) is 5. The number of aliphatic hydroxyl groups excluding tert-OH is 10. The van der Waals surface area contributed by atoms with Crippen molar-refractivity contribution >= 4 is 55.0 Å². The van der Waals surface area contributed by atoms with Gasteiger partial charge in [0.05, 0.1) is 32.5 Å². The molecule has 1 aromatic carbocycles. The highest BCUT2D eigenvalue weighted by Gasteiger charge is 2.62. The third kappa shape index (κ3) is 21.2. The second-order valence-corrected chi connectivity index (χ2v) is 26.6. The van der Waals surface area contributed by atoms with Gasteiger partial charge in [-0.25, -0.2) is 14.2 Å². The number of phosphoric ester groups is 1. The van der Waals surface area contributed by atoms with Crippen molar-refractivity contribution in [2.24, 2.45) is 11.5 Å². The second kappa shape index (κ2) is 36.7. The molecule has 0 bridgehead atoms. The highest BCUT2D eigenvalue weighted by atomic mass is 31.2. The van der Waals surface area contributed by atoms with Crippen LogP contribution in [0.2, 0.25) is 0 Å². The Hall–Kier alpha value is -5.84. The monoisotopic (exact) mass is 1470 g/mol. The van der Waals surface area contributed by atoms with Gasteiger partial charge in [0.2, 0.25) is 17.7 Å². The largest absolute Gasteiger partial charge is 0.510 e. The normalized spacial score (nSPS) is 36.9. The van der Waals surface area contributed by atoms with Gasteiger partial charge < -0.3 is 151 Å². The number of carboxylic acids is 1. The van der Waals surface area contributed by atoms with Crippen molar-refractivity contribution in [1.29, 1.82) is 0 Å². The third-order valence-electron chi connectivity index (χ3n) is 17.5. The minimum absolute atomic E-state index is 0.0306. The number of carbonyl (C=O) groups is 7. The van der Waals surface area contributed by atoms with Gasteiger partial charge in [0.25, 0.3) is 5.91 Å². The molecule has 5 heterocycles. The number of nitrogens with two attached hydrogens (primary N) is 2. The van der Waals surface area contributed by atoms with E-state index in [1.165, 1.54) is 19.8 Å². The van der Waals surface area contributed by atoms with Crippen LogP contribution in [-0.4, -0.2) is 300 Å². The van der Waals surface area contributed by atoms with Gasteiger partial charge in [-0.2, -0.15) is 0 Å². The van der Waals surface area contributed by atoms with Crippen molar-refractivity contribution in [2.75, 3.05) is 38.3 Å². The van der Waals surface area contributed by atoms with Crippen LogP contribution in [0.4, 0.5) is 10.5 Å². The van der Waals surface area contributed by atoms with Crippen LogP contribution in [0.5, 0.6) is 0 Å². The van der Waals surface area contributed by atoms with Gasteiger partial charge in [-0.3, -0.25) is 33.0 Å². The number of Topliss-reactive ketones (excluding diaryl/α,β-unsaturated/α-hetero) is 1. The summed E-state index contributed by atoms with van der Waals surface area (Å²) >= 11 is 0. The lowest BCUT2D eigenvalue weighted by Crippen LogP contribution is -2.72. The number of ether oxygens (including phenoxy) is 11. The lowest BCUT2D eigenvalue weighted by atomic mass is 9.85. The lowest BCUT2D eigenvalue weighted by Gasteiger charge is -2.52. The Bertz CT molecular complexity index is 3050. The molecular formula is C60H93N6O34P. The molecule has 0 spiro atoms. The van der Waals surface area contributed by atoms with Crippen molar-refractivity contribution in [2.45, 2.75) is 251 Å². The molecule has 21 N–H and O–H groups in total. The minimum atomic E-state index is -5.83. The maximum Gasteiger partial charge on any atom is 0.474 e. The standard InChI is InChI=1S/C60H93N6O34P/c1-6-7-8-9-10-11-12-27-13-15-28(16-14-27)63-19-20-88-33(53(82)83)23-90-101(86,87)100-58-48(49(99-59(62)84)60(5,85)50(98-58)51(61)80)97-55-36(65-26(4)69)39(74)46(32(93-55)22-89-56-43(78)40(75)37(72)31(21-67)92-56)95-54-35(64-25(3)68)38(73)45(24(2)91-54)94-57-44(79)41(76)42(77)47(96-57)52(81)66-34-29(70)17-18-30(34)71/h13-16,24,31-33,35-50,54-58,63,67,70,72-79,85H,6-12,17-23H2,1-5H3,(H2,61,80)(H2,62,84)(H,64,68)(H,65,69)(H,66,81)(H,82,83)(H,86,87)/t24-,31-,32-,33-,35-,36-,37-,38?,39-,40+,41+,42-,43-,44-,45-,46-,47+,48-,49-,50-,54+,55?,56-,57-,58-,60+/m1/s1. The quantitative estimate of drug-likeness (QED) is 0.0226. The molecule has 0 saturated carbocycles. The maximum absolute atomic E-state index is 14.0. The number of rotatable bonds is 34. The van der Waals surface area contributed by atoms with Gasteiger partial charge >= 0.3 is 19.9 Å². The number of benzene rings is 1. The molecule has 5 amide bonds. The molecule has 6 aliphatic rings. The number of phosphoric acid groups is 1. The molecule has 7 rings (SSSR count). The average molecular weight is 1470 g/mol. The topological polar surface area (TPSA) is 620 Å². The first-order chi connectivity index (χ1) is 47.6. The Morgan fingerprint density at radius 2 is 1.30 bits per heavy atom. The zero-order valence-electron chi connectivity index (χ0n) is 55.6. The molecule has 101 heavy (non-hydrogen) atoms. The summed E-state index contributed by atoms with van der Waals surface area (Å²) in [6.45, 7) is 2.45. The van der Waals surface area contributed by atoms with E-state index in [1.807, 2.05) is 24.3 Å². The number of carboxylic acid groups (broad SMARTS) is 1. The highest BCUT2D eigenvalue weighted by molar-refractivity contribution is 7.47. The van der Waals surface area contributed by atoms with Gasteiger partial charge in [-0.05, 0) is 44.4 Å². The molecule has 40 nitrogen and oxygen atoms in total. The third-order valence-corrected chi connectivity index (χ3v) is 18.4. The number of anilines is 1. The van der Waals surface area contributed by atoms with Crippen molar-refractivity contribution in [1.82, 2.24) is 16.0 Å². The number of aliphatic hydroxyl groups is 11. The average Bonchev–Trinajstić information content (AvgIpc) is 1.02. The van der Waals surface area contributed by atoms with Gasteiger partial charge in [-0.1, -0.05) is 51.2 Å². The zero-order chi connectivity index (χ0) is 74.5. The second-order valence-electron chi connectivity index (χ2n) is 25.2. The van der Waals surface area contributed by atoms with E-state index in [2.05, 4.69) is 28.2 Å². The summed E-state index contributed by atoms with van der Waals surface area (Å²) in [4.78, 5) is 101. The summed E-state index contributed by atoms with van der Waals surface area (Å²) in [5.41, 5.74) is 9.40. The molecule has 27 atom stereocenters. The number of allylic oxidation sites excluding steroid dienone is 2. The van der Waals surface area contributed by atoms with Crippen LogP contribution < -0.4 is 32.7 Å². The number of hydrogen-bond donors (Lipinski definition) is 19. The minimum Gasteiger partial charge on any atom is -0.510 e. The van der Waals surface area contributed by atoms with E-state index >= 15 is 0 Å². The van der Waals surface area contributed by atoms with Crippen LogP contribution in [0.3, 0.4) is 0 Å². The highest BCUT2D eigenvalue weighted by Crippen LogP contribution is 2.49. The molecule has 1 aromatic rings. The van der Waals surface area contributed by atoms with Gasteiger partial charge in [0.15, 0.2) is 67.8 Å². The molecule has 41 heteroatoms. The number of aryl methyl sites for hydroxylation is 1. The van der Waals surface area contributed by atoms with E-state index in [-0.39, 0.29) is 26.0 Å². The van der Waals surface area contributed by atoms with E-state index in [0.717, 1.165) is 58.4 Å². The summed E-state index contributed by atoms with van der Waals surface area (Å²) < 4.78 is 88.5. The fraction of sp³-hybridized carbons (Fsp3) is 0.750. The molecule has 0 radical (unpaired) electrons. The van der Waals surface area contributed by atoms with Crippen molar-refractivity contribution < 1.29 is 165 Å². The van der Waals surface area contributed by atoms with Gasteiger partial charge in [0.1, 0.15) is 102 Å². The Kier molecular flexibility index (Phi) is 30.0. The van der Waals surface area contributed by atoms with Crippen LogP contribution in [0.25, 0.3) is 0 Å². The van der Waals surface area contributed by atoms with Crippen molar-refractivity contribution in [3.8, 4) is 0 Å². The molecule has 572 valence electrons. The molecular weight excluding hydrogens is 1380 g/mol. The fourth-order valence-electron chi connectivity index (χ4n) is 12.1. The summed E-state index contributed by atoms with van der Waals surface area (Å²) in [7, 11) is -5.83. The first-order valence-corrected chi connectivity index (χ1v) is 34.1. The molecule has 5 fully saturated rings. The number of ketones is 1. The van der Waals surface area contributed by atoms with Crippen LogP contribution in [0, 0.1) is 0 Å².